The lowest BCUT2D eigenvalue weighted by Crippen LogP contribution is -2.30. The van der Waals surface area contributed by atoms with E-state index >= 15 is 0 Å². The van der Waals surface area contributed by atoms with E-state index in [2.05, 4.69) is 23.4 Å². The first kappa shape index (κ1) is 14.5. The zero-order valence-corrected chi connectivity index (χ0v) is 9.87. The molecule has 0 bridgehead atoms. The highest BCUT2D eigenvalue weighted by atomic mass is 19.3. The van der Waals surface area contributed by atoms with Crippen LogP contribution in [-0.2, 0) is 0 Å². The van der Waals surface area contributed by atoms with Crippen LogP contribution in [0.15, 0.2) is 34.1 Å². The number of alkyl halides is 2. The van der Waals surface area contributed by atoms with Crippen molar-refractivity contribution in [1.82, 2.24) is 5.01 Å². The molecule has 90 valence electrons. The molecule has 0 saturated heterocycles. The number of allylic oxidation sites excluding steroid dienone is 1. The highest BCUT2D eigenvalue weighted by Crippen LogP contribution is 2.20. The van der Waals surface area contributed by atoms with Gasteiger partial charge in [-0.1, -0.05) is 6.58 Å². The molecule has 0 aromatic rings. The third kappa shape index (κ3) is 5.38. The Hall–Kier alpha value is -1.52. The predicted molar refractivity (Wildman–Crippen MR) is 63.9 cm³/mol. The Morgan fingerprint density at radius 2 is 2.06 bits per heavy atom. The molecule has 0 fully saturated rings. The minimum atomic E-state index is -2.86. The predicted octanol–water partition coefficient (Wildman–Crippen LogP) is 3.07. The quantitative estimate of drug-likeness (QED) is 0.391. The van der Waals surface area contributed by atoms with Gasteiger partial charge in [0.2, 0.25) is 0 Å². The Morgan fingerprint density at radius 1 is 1.50 bits per heavy atom. The van der Waals surface area contributed by atoms with Crippen molar-refractivity contribution in [1.29, 1.82) is 0 Å². The SMILES string of the molecule is C=NN(CC(C)(F)F)/C(=C/N=CC)C(=C)C. The van der Waals surface area contributed by atoms with Gasteiger partial charge < -0.3 is 0 Å². The van der Waals surface area contributed by atoms with E-state index < -0.39 is 12.5 Å². The Kier molecular flexibility index (Phi) is 5.56. The van der Waals surface area contributed by atoms with Crippen molar-refractivity contribution in [3.05, 3.63) is 24.0 Å². The summed E-state index contributed by atoms with van der Waals surface area (Å²) in [5, 5.41) is 4.64. The summed E-state index contributed by atoms with van der Waals surface area (Å²) in [5.74, 6) is -2.86. The number of hydrogen-bond acceptors (Lipinski definition) is 3. The second-order valence-electron chi connectivity index (χ2n) is 3.47. The fourth-order valence-electron chi connectivity index (χ4n) is 1.02. The first-order valence-corrected chi connectivity index (χ1v) is 4.77. The van der Waals surface area contributed by atoms with Crippen LogP contribution in [-0.4, -0.2) is 30.4 Å². The van der Waals surface area contributed by atoms with Crippen LogP contribution in [0.4, 0.5) is 8.78 Å². The van der Waals surface area contributed by atoms with Crippen molar-refractivity contribution < 1.29 is 8.78 Å². The summed E-state index contributed by atoms with van der Waals surface area (Å²) in [6, 6.07) is 0. The van der Waals surface area contributed by atoms with Gasteiger partial charge in [0, 0.05) is 19.9 Å². The first-order chi connectivity index (χ1) is 7.31. The topological polar surface area (TPSA) is 28.0 Å². The molecule has 0 radical (unpaired) electrons. The minimum Gasteiger partial charge on any atom is -0.267 e. The molecule has 0 N–H and O–H groups in total. The van der Waals surface area contributed by atoms with Crippen LogP contribution < -0.4 is 0 Å². The number of nitrogens with zero attached hydrogens (tertiary/aromatic N) is 3. The normalized spacial score (nSPS) is 12.9. The van der Waals surface area contributed by atoms with Gasteiger partial charge in [-0.3, -0.25) is 10.0 Å². The molecule has 5 heteroatoms. The van der Waals surface area contributed by atoms with Gasteiger partial charge in [-0.05, 0) is 19.4 Å². The molecule has 0 spiro atoms. The monoisotopic (exact) mass is 229 g/mol. The van der Waals surface area contributed by atoms with Gasteiger partial charge in [-0.15, -0.1) is 0 Å². The van der Waals surface area contributed by atoms with Crippen molar-refractivity contribution in [3.8, 4) is 0 Å². The summed E-state index contributed by atoms with van der Waals surface area (Å²) in [4.78, 5) is 3.87. The lowest BCUT2D eigenvalue weighted by Gasteiger charge is -2.24. The zero-order chi connectivity index (χ0) is 12.8. The maximum Gasteiger partial charge on any atom is 0.264 e. The molecule has 0 amide bonds. The zero-order valence-electron chi connectivity index (χ0n) is 9.87. The van der Waals surface area contributed by atoms with E-state index in [1.54, 1.807) is 20.1 Å². The molecule has 0 saturated carbocycles. The maximum absolute atomic E-state index is 12.9. The molecule has 0 aliphatic rings. The Labute approximate surface area is 94.9 Å². The smallest absolute Gasteiger partial charge is 0.264 e. The lowest BCUT2D eigenvalue weighted by molar-refractivity contribution is -0.00470. The summed E-state index contributed by atoms with van der Waals surface area (Å²) in [5.41, 5.74) is 1.02. The molecular formula is C11H17F2N3. The van der Waals surface area contributed by atoms with Crippen LogP contribution in [0.3, 0.4) is 0 Å². The average molecular weight is 229 g/mol. The number of rotatable bonds is 6. The van der Waals surface area contributed by atoms with E-state index in [4.69, 9.17) is 0 Å². The summed E-state index contributed by atoms with van der Waals surface area (Å²) in [7, 11) is 0. The van der Waals surface area contributed by atoms with E-state index in [0.717, 1.165) is 11.9 Å². The summed E-state index contributed by atoms with van der Waals surface area (Å²) >= 11 is 0. The molecule has 0 rings (SSSR count). The Morgan fingerprint density at radius 3 is 2.38 bits per heavy atom. The largest absolute Gasteiger partial charge is 0.267 e. The van der Waals surface area contributed by atoms with Gasteiger partial charge in [-0.2, -0.15) is 5.10 Å². The average Bonchev–Trinajstić information content (AvgIpc) is 2.14. The molecule has 16 heavy (non-hydrogen) atoms. The minimum absolute atomic E-state index is 0.426. The van der Waals surface area contributed by atoms with Gasteiger partial charge in [0.05, 0.1) is 11.9 Å². The van der Waals surface area contributed by atoms with Gasteiger partial charge in [0.25, 0.3) is 5.92 Å². The molecule has 0 aromatic heterocycles. The maximum atomic E-state index is 12.9. The van der Waals surface area contributed by atoms with Crippen molar-refractivity contribution in [3.63, 3.8) is 0 Å². The lowest BCUT2D eigenvalue weighted by atomic mass is 10.2. The van der Waals surface area contributed by atoms with Crippen molar-refractivity contribution in [2.45, 2.75) is 26.7 Å². The molecular weight excluding hydrogens is 212 g/mol. The third-order valence-corrected chi connectivity index (χ3v) is 1.66. The van der Waals surface area contributed by atoms with Crippen LogP contribution in [0.1, 0.15) is 20.8 Å². The van der Waals surface area contributed by atoms with Gasteiger partial charge in [0.15, 0.2) is 0 Å². The third-order valence-electron chi connectivity index (χ3n) is 1.66. The summed E-state index contributed by atoms with van der Waals surface area (Å²) in [6.45, 7) is 10.7. The van der Waals surface area contributed by atoms with E-state index in [0.29, 0.717) is 11.3 Å². The number of halogens is 2. The fraction of sp³-hybridized carbons (Fsp3) is 0.455. The van der Waals surface area contributed by atoms with Crippen LogP contribution in [0.5, 0.6) is 0 Å². The molecule has 0 unspecified atom stereocenters. The number of aliphatic imine (C=N–C) groups is 1. The molecule has 0 aliphatic carbocycles. The van der Waals surface area contributed by atoms with Crippen molar-refractivity contribution in [2.24, 2.45) is 10.1 Å². The van der Waals surface area contributed by atoms with Crippen molar-refractivity contribution in [2.75, 3.05) is 6.54 Å². The molecule has 0 aromatic carbocycles. The van der Waals surface area contributed by atoms with E-state index in [-0.39, 0.29) is 0 Å². The Balaban J connectivity index is 5.01. The molecule has 0 heterocycles. The number of hydrogen-bond donors (Lipinski definition) is 0. The molecule has 0 aliphatic heterocycles. The number of hydrazone groups is 1. The Bertz CT molecular complexity index is 314. The van der Waals surface area contributed by atoms with Crippen LogP contribution in [0.2, 0.25) is 0 Å². The standard InChI is InChI=1S/C11H17F2N3/c1-6-15-7-10(9(2)3)16(14-5)8-11(4,12)13/h6-7H,2,5,8H2,1,3-4H3/b10-7+,15-6?. The molecule has 0 atom stereocenters. The van der Waals surface area contributed by atoms with Crippen LogP contribution in [0.25, 0.3) is 0 Å². The van der Waals surface area contributed by atoms with Crippen LogP contribution >= 0.6 is 0 Å². The molecule has 3 nitrogen and oxygen atoms in total. The van der Waals surface area contributed by atoms with Crippen LogP contribution in [0, 0.1) is 0 Å². The van der Waals surface area contributed by atoms with E-state index in [1.165, 1.54) is 6.20 Å². The second-order valence-corrected chi connectivity index (χ2v) is 3.47. The van der Waals surface area contributed by atoms with E-state index in [9.17, 15) is 8.78 Å². The highest BCUT2D eigenvalue weighted by molar-refractivity contribution is 5.54. The summed E-state index contributed by atoms with van der Waals surface area (Å²) < 4.78 is 25.8. The van der Waals surface area contributed by atoms with Gasteiger partial charge in [-0.25, -0.2) is 8.78 Å². The summed E-state index contributed by atoms with van der Waals surface area (Å²) in [6.07, 6.45) is 2.98. The highest BCUT2D eigenvalue weighted by Gasteiger charge is 2.26. The van der Waals surface area contributed by atoms with Gasteiger partial charge in [0.1, 0.15) is 6.54 Å². The van der Waals surface area contributed by atoms with Gasteiger partial charge >= 0.3 is 0 Å². The fourth-order valence-corrected chi connectivity index (χ4v) is 1.02. The van der Waals surface area contributed by atoms with Crippen molar-refractivity contribution >= 4 is 12.9 Å². The first-order valence-electron chi connectivity index (χ1n) is 4.77. The second kappa shape index (κ2) is 6.15. The van der Waals surface area contributed by atoms with E-state index in [1.807, 2.05) is 0 Å².